The van der Waals surface area contributed by atoms with Gasteiger partial charge in [-0.15, -0.1) is 0 Å². The van der Waals surface area contributed by atoms with Gasteiger partial charge in [0.15, 0.2) is 0 Å². The topological polar surface area (TPSA) is 24.1 Å². The first-order valence-corrected chi connectivity index (χ1v) is 7.31. The molecule has 0 spiro atoms. The average Bonchev–Trinajstić information content (AvgIpc) is 2.45. The summed E-state index contributed by atoms with van der Waals surface area (Å²) in [6.45, 7) is 5.32. The average molecular weight is 304 g/mol. The molecule has 0 saturated heterocycles. The van der Waals surface area contributed by atoms with Crippen LogP contribution in [0.2, 0.25) is 0 Å². The van der Waals surface area contributed by atoms with Gasteiger partial charge in [0.2, 0.25) is 0 Å². The second-order valence-corrected chi connectivity index (χ2v) is 5.68. The number of aryl methyl sites for hydroxylation is 2. The van der Waals surface area contributed by atoms with Gasteiger partial charge in [0.1, 0.15) is 0 Å². The molecule has 2 N–H and O–H groups in total. The lowest BCUT2D eigenvalue weighted by Gasteiger charge is -2.21. The van der Waals surface area contributed by atoms with E-state index in [1.54, 1.807) is 13.1 Å². The molecule has 0 atom stereocenters. The molecule has 0 aliphatic rings. The van der Waals surface area contributed by atoms with Crippen LogP contribution in [0.3, 0.4) is 0 Å². The van der Waals surface area contributed by atoms with Crippen LogP contribution in [-0.2, 0) is 5.92 Å². The third kappa shape index (κ3) is 3.63. The standard InChI is InChI=1S/C18H22F2N2/c1-12-5-7-14(8-6-12)17-13(2)9-15(22-11-21-4)10-16(17)18(3,19)20/h5-10,21-22H,11H2,1-4H3. The van der Waals surface area contributed by atoms with Gasteiger partial charge in [-0.3, -0.25) is 0 Å². The molecule has 0 bridgehead atoms. The van der Waals surface area contributed by atoms with E-state index in [4.69, 9.17) is 0 Å². The maximum Gasteiger partial charge on any atom is 0.271 e. The van der Waals surface area contributed by atoms with Crippen molar-refractivity contribution in [2.45, 2.75) is 26.7 Å². The Morgan fingerprint density at radius 3 is 2.23 bits per heavy atom. The van der Waals surface area contributed by atoms with Crippen LogP contribution in [0.25, 0.3) is 11.1 Å². The predicted octanol–water partition coefficient (Wildman–Crippen LogP) is 4.67. The molecule has 0 aromatic heterocycles. The zero-order valence-corrected chi connectivity index (χ0v) is 13.4. The van der Waals surface area contributed by atoms with Gasteiger partial charge in [-0.25, -0.2) is 8.78 Å². The number of alkyl halides is 2. The molecule has 0 aliphatic carbocycles. The number of anilines is 1. The maximum atomic E-state index is 14.1. The Morgan fingerprint density at radius 1 is 1.05 bits per heavy atom. The Balaban J connectivity index is 2.59. The summed E-state index contributed by atoms with van der Waals surface area (Å²) < 4.78 is 28.2. The molecule has 0 amide bonds. The normalized spacial score (nSPS) is 11.5. The SMILES string of the molecule is CNCNc1cc(C)c(-c2ccc(C)cc2)c(C(C)(F)F)c1. The summed E-state index contributed by atoms with van der Waals surface area (Å²) in [5.41, 5.74) is 4.12. The van der Waals surface area contributed by atoms with Gasteiger partial charge in [-0.2, -0.15) is 0 Å². The van der Waals surface area contributed by atoms with E-state index in [2.05, 4.69) is 10.6 Å². The van der Waals surface area contributed by atoms with E-state index in [1.165, 1.54) is 0 Å². The first kappa shape index (κ1) is 16.4. The van der Waals surface area contributed by atoms with Crippen LogP contribution in [0, 0.1) is 13.8 Å². The molecule has 2 rings (SSSR count). The Morgan fingerprint density at radius 2 is 1.68 bits per heavy atom. The maximum absolute atomic E-state index is 14.1. The molecular weight excluding hydrogens is 282 g/mol. The molecule has 2 nitrogen and oxygen atoms in total. The van der Waals surface area contributed by atoms with Crippen LogP contribution in [0.15, 0.2) is 36.4 Å². The quantitative estimate of drug-likeness (QED) is 0.784. The minimum absolute atomic E-state index is 0.0509. The van der Waals surface area contributed by atoms with Crippen LogP contribution in [0.1, 0.15) is 23.6 Å². The van der Waals surface area contributed by atoms with Gasteiger partial charge >= 0.3 is 0 Å². The summed E-state index contributed by atoms with van der Waals surface area (Å²) in [6, 6.07) is 11.1. The Hall–Kier alpha value is -1.94. The highest BCUT2D eigenvalue weighted by Gasteiger charge is 2.29. The van der Waals surface area contributed by atoms with E-state index < -0.39 is 5.92 Å². The van der Waals surface area contributed by atoms with Gasteiger partial charge in [-0.1, -0.05) is 29.8 Å². The van der Waals surface area contributed by atoms with Crippen LogP contribution in [-0.4, -0.2) is 13.7 Å². The van der Waals surface area contributed by atoms with Crippen molar-refractivity contribution in [3.05, 3.63) is 53.1 Å². The second kappa shape index (κ2) is 6.44. The molecule has 0 unspecified atom stereocenters. The number of rotatable bonds is 5. The number of benzene rings is 2. The zero-order chi connectivity index (χ0) is 16.3. The van der Waals surface area contributed by atoms with Crippen LogP contribution < -0.4 is 10.6 Å². The fraction of sp³-hybridized carbons (Fsp3) is 0.333. The first-order chi connectivity index (χ1) is 10.3. The Labute approximate surface area is 130 Å². The molecule has 0 saturated carbocycles. The molecule has 0 fully saturated rings. The second-order valence-electron chi connectivity index (χ2n) is 5.68. The Kier molecular flexibility index (Phi) is 4.81. The monoisotopic (exact) mass is 304 g/mol. The summed E-state index contributed by atoms with van der Waals surface area (Å²) >= 11 is 0. The van der Waals surface area contributed by atoms with Crippen molar-refractivity contribution in [2.24, 2.45) is 0 Å². The molecule has 0 radical (unpaired) electrons. The van der Waals surface area contributed by atoms with E-state index in [0.717, 1.165) is 23.6 Å². The minimum atomic E-state index is -2.90. The number of hydrogen-bond acceptors (Lipinski definition) is 2. The van der Waals surface area contributed by atoms with Crippen LogP contribution >= 0.6 is 0 Å². The lowest BCUT2D eigenvalue weighted by atomic mass is 9.91. The third-order valence-corrected chi connectivity index (χ3v) is 3.62. The summed E-state index contributed by atoms with van der Waals surface area (Å²) in [7, 11) is 1.80. The molecule has 2 aromatic rings. The van der Waals surface area contributed by atoms with E-state index >= 15 is 0 Å². The first-order valence-electron chi connectivity index (χ1n) is 7.31. The molecule has 0 heterocycles. The highest BCUT2D eigenvalue weighted by atomic mass is 19.3. The summed E-state index contributed by atoms with van der Waals surface area (Å²) in [5, 5.41) is 6.04. The third-order valence-electron chi connectivity index (χ3n) is 3.62. The lowest BCUT2D eigenvalue weighted by Crippen LogP contribution is -2.18. The molecule has 22 heavy (non-hydrogen) atoms. The van der Waals surface area contributed by atoms with Crippen molar-refractivity contribution in [3.63, 3.8) is 0 Å². The van der Waals surface area contributed by atoms with Crippen LogP contribution in [0.5, 0.6) is 0 Å². The smallest absolute Gasteiger partial charge is 0.271 e. The Bertz CT molecular complexity index is 643. The number of nitrogens with one attached hydrogen (secondary N) is 2. The van der Waals surface area contributed by atoms with E-state index in [-0.39, 0.29) is 5.56 Å². The zero-order valence-electron chi connectivity index (χ0n) is 13.4. The number of halogens is 2. The lowest BCUT2D eigenvalue weighted by molar-refractivity contribution is 0.0181. The molecule has 118 valence electrons. The van der Waals surface area contributed by atoms with Gasteiger partial charge in [0.05, 0.1) is 6.67 Å². The van der Waals surface area contributed by atoms with Crippen molar-refractivity contribution in [2.75, 3.05) is 19.0 Å². The summed E-state index contributed by atoms with van der Waals surface area (Å²) in [6.07, 6.45) is 0. The number of hydrogen-bond donors (Lipinski definition) is 2. The highest BCUT2D eigenvalue weighted by molar-refractivity contribution is 5.75. The predicted molar refractivity (Wildman–Crippen MR) is 88.5 cm³/mol. The van der Waals surface area contributed by atoms with Crippen LogP contribution in [0.4, 0.5) is 14.5 Å². The van der Waals surface area contributed by atoms with Crippen molar-refractivity contribution < 1.29 is 8.78 Å². The minimum Gasteiger partial charge on any atom is -0.372 e. The van der Waals surface area contributed by atoms with Gasteiger partial charge in [-0.05, 0) is 49.7 Å². The van der Waals surface area contributed by atoms with Crippen molar-refractivity contribution in [3.8, 4) is 11.1 Å². The molecule has 4 heteroatoms. The van der Waals surface area contributed by atoms with Gasteiger partial charge < -0.3 is 10.6 Å². The summed E-state index contributed by atoms with van der Waals surface area (Å²) in [5.74, 6) is -2.90. The fourth-order valence-electron chi connectivity index (χ4n) is 2.53. The molecular formula is C18H22F2N2. The largest absolute Gasteiger partial charge is 0.372 e. The molecule has 0 aliphatic heterocycles. The van der Waals surface area contributed by atoms with E-state index in [0.29, 0.717) is 17.9 Å². The van der Waals surface area contributed by atoms with Crippen molar-refractivity contribution >= 4 is 5.69 Å². The molecule has 2 aromatic carbocycles. The van der Waals surface area contributed by atoms with Gasteiger partial charge in [0, 0.05) is 18.2 Å². The van der Waals surface area contributed by atoms with Crippen molar-refractivity contribution in [1.82, 2.24) is 5.32 Å². The fourth-order valence-corrected chi connectivity index (χ4v) is 2.53. The highest BCUT2D eigenvalue weighted by Crippen LogP contribution is 2.39. The van der Waals surface area contributed by atoms with Crippen molar-refractivity contribution in [1.29, 1.82) is 0 Å². The van der Waals surface area contributed by atoms with Gasteiger partial charge in [0.25, 0.3) is 5.92 Å². The summed E-state index contributed by atoms with van der Waals surface area (Å²) in [4.78, 5) is 0. The van der Waals surface area contributed by atoms with E-state index in [1.807, 2.05) is 44.2 Å². The van der Waals surface area contributed by atoms with E-state index in [9.17, 15) is 8.78 Å².